The van der Waals surface area contributed by atoms with E-state index in [1.807, 2.05) is 48.0 Å². The summed E-state index contributed by atoms with van der Waals surface area (Å²) < 4.78 is 1.93. The van der Waals surface area contributed by atoms with E-state index in [0.29, 0.717) is 6.54 Å². The second-order valence-electron chi connectivity index (χ2n) is 8.10. The Morgan fingerprint density at radius 2 is 1.56 bits per heavy atom. The zero-order valence-corrected chi connectivity index (χ0v) is 17.9. The van der Waals surface area contributed by atoms with Crippen molar-refractivity contribution in [2.45, 2.75) is 20.4 Å². The van der Waals surface area contributed by atoms with Crippen molar-refractivity contribution in [3.05, 3.63) is 95.7 Å². The molecule has 3 heterocycles. The summed E-state index contributed by atoms with van der Waals surface area (Å²) in [4.78, 5) is 12.3. The van der Waals surface area contributed by atoms with E-state index in [1.165, 1.54) is 5.56 Å². The molecule has 0 amide bonds. The average molecular weight is 419 g/mol. The Labute approximate surface area is 186 Å². The monoisotopic (exact) mass is 418 g/mol. The third-order valence-corrected chi connectivity index (χ3v) is 5.87. The predicted molar refractivity (Wildman–Crippen MR) is 130 cm³/mol. The molecule has 6 rings (SSSR count). The van der Waals surface area contributed by atoms with Crippen molar-refractivity contribution in [1.82, 2.24) is 9.78 Å². The second-order valence-corrected chi connectivity index (χ2v) is 8.10. The maximum absolute atomic E-state index is 5.11. The number of benzene rings is 3. The van der Waals surface area contributed by atoms with Crippen LogP contribution in [0.5, 0.6) is 0 Å². The molecule has 2 aliphatic heterocycles. The van der Waals surface area contributed by atoms with Crippen molar-refractivity contribution in [2.24, 2.45) is 9.98 Å². The molecule has 0 radical (unpaired) electrons. The minimum absolute atomic E-state index is 0.693. The first-order valence-corrected chi connectivity index (χ1v) is 10.7. The molecule has 2 aliphatic rings. The van der Waals surface area contributed by atoms with Crippen LogP contribution in [0.4, 0.5) is 22.9 Å². The van der Waals surface area contributed by atoms with E-state index in [-0.39, 0.29) is 0 Å². The third-order valence-electron chi connectivity index (χ3n) is 5.87. The first-order valence-electron chi connectivity index (χ1n) is 10.7. The van der Waals surface area contributed by atoms with Crippen LogP contribution in [-0.2, 0) is 6.54 Å². The number of aromatic nitrogens is 2. The fraction of sp³-hybridized carbons (Fsp3) is 0.115. The van der Waals surface area contributed by atoms with Crippen LogP contribution in [0.2, 0.25) is 0 Å². The van der Waals surface area contributed by atoms with Crippen molar-refractivity contribution in [2.75, 3.05) is 10.2 Å². The molecule has 156 valence electrons. The van der Waals surface area contributed by atoms with Crippen LogP contribution in [0.3, 0.4) is 0 Å². The summed E-state index contributed by atoms with van der Waals surface area (Å²) in [6, 6.07) is 26.6. The van der Waals surface area contributed by atoms with Crippen LogP contribution in [-0.4, -0.2) is 21.5 Å². The number of rotatable bonds is 2. The Morgan fingerprint density at radius 3 is 2.38 bits per heavy atom. The van der Waals surface area contributed by atoms with E-state index in [1.54, 1.807) is 0 Å². The fourth-order valence-electron chi connectivity index (χ4n) is 4.19. The van der Waals surface area contributed by atoms with Gasteiger partial charge in [0, 0.05) is 11.3 Å². The van der Waals surface area contributed by atoms with Crippen LogP contribution in [0.15, 0.2) is 88.8 Å². The van der Waals surface area contributed by atoms with E-state index in [0.717, 1.165) is 51.5 Å². The molecule has 32 heavy (non-hydrogen) atoms. The lowest BCUT2D eigenvalue weighted by molar-refractivity contribution is 0.861. The Bertz CT molecular complexity index is 1380. The quantitative estimate of drug-likeness (QED) is 0.455. The summed E-state index contributed by atoms with van der Waals surface area (Å²) >= 11 is 0. The van der Waals surface area contributed by atoms with Gasteiger partial charge in [-0.3, -0.25) is 0 Å². The molecule has 0 unspecified atom stereocenters. The summed E-state index contributed by atoms with van der Waals surface area (Å²) in [7, 11) is 0. The van der Waals surface area contributed by atoms with E-state index in [9.17, 15) is 0 Å². The average Bonchev–Trinajstić information content (AvgIpc) is 3.16. The number of anilines is 2. The van der Waals surface area contributed by atoms with Gasteiger partial charge in [0.05, 0.1) is 29.3 Å². The van der Waals surface area contributed by atoms with E-state index < -0.39 is 0 Å². The number of nitrogens with zero attached hydrogens (tertiary/aromatic N) is 5. The topological polar surface area (TPSA) is 57.8 Å². The molecule has 6 nitrogen and oxygen atoms in total. The summed E-state index contributed by atoms with van der Waals surface area (Å²) in [5.41, 5.74) is 7.29. The van der Waals surface area contributed by atoms with Crippen molar-refractivity contribution in [3.63, 3.8) is 0 Å². The molecule has 1 N–H and O–H groups in total. The zero-order valence-electron chi connectivity index (χ0n) is 17.9. The molecule has 0 saturated heterocycles. The van der Waals surface area contributed by atoms with E-state index in [4.69, 9.17) is 15.1 Å². The third kappa shape index (κ3) is 3.00. The molecule has 0 fully saturated rings. The Morgan fingerprint density at radius 1 is 0.812 bits per heavy atom. The fourth-order valence-corrected chi connectivity index (χ4v) is 4.19. The summed E-state index contributed by atoms with van der Waals surface area (Å²) in [6.45, 7) is 4.83. The minimum atomic E-state index is 0.693. The van der Waals surface area contributed by atoms with Gasteiger partial charge in [0.15, 0.2) is 17.5 Å². The van der Waals surface area contributed by atoms with Gasteiger partial charge in [-0.1, -0.05) is 48.0 Å². The second kappa shape index (κ2) is 7.20. The van der Waals surface area contributed by atoms with Gasteiger partial charge in [0.25, 0.3) is 0 Å². The molecular formula is C26H22N6. The number of para-hydroxylation sites is 3. The van der Waals surface area contributed by atoms with E-state index >= 15 is 0 Å². The first kappa shape index (κ1) is 18.6. The summed E-state index contributed by atoms with van der Waals surface area (Å²) in [6.07, 6.45) is 0. The highest BCUT2D eigenvalue weighted by molar-refractivity contribution is 6.51. The lowest BCUT2D eigenvalue weighted by atomic mass is 10.1. The van der Waals surface area contributed by atoms with Crippen molar-refractivity contribution < 1.29 is 0 Å². The van der Waals surface area contributed by atoms with Crippen LogP contribution < -0.4 is 10.2 Å². The van der Waals surface area contributed by atoms with Crippen molar-refractivity contribution >= 4 is 34.6 Å². The number of nitrogens with one attached hydrogen (secondary N) is 1. The molecule has 0 saturated carbocycles. The molecule has 4 aromatic rings. The Kier molecular flexibility index (Phi) is 4.18. The highest BCUT2D eigenvalue weighted by atomic mass is 15.4. The van der Waals surface area contributed by atoms with Crippen LogP contribution >= 0.6 is 0 Å². The highest BCUT2D eigenvalue weighted by Gasteiger charge is 2.33. The molecule has 6 heteroatoms. The summed E-state index contributed by atoms with van der Waals surface area (Å²) in [5.74, 6) is 2.39. The number of fused-ring (bicyclic) bond motifs is 4. The lowest BCUT2D eigenvalue weighted by Gasteiger charge is -2.34. The van der Waals surface area contributed by atoms with Gasteiger partial charge in [0.2, 0.25) is 0 Å². The standard InChI is InChI=1S/C26H22N6/c1-17-12-14-19(15-13-17)27-24-26-29-25-21(16-31(26)23-11-7-6-10-22(23)28-24)18(2)30-32(25)20-8-4-3-5-9-20/h3-15H,16H2,1-2H3,(H,27,28). The van der Waals surface area contributed by atoms with Gasteiger partial charge in [-0.15, -0.1) is 0 Å². The highest BCUT2D eigenvalue weighted by Crippen LogP contribution is 2.40. The maximum Gasteiger partial charge on any atom is 0.179 e. The first-order chi connectivity index (χ1) is 15.7. The maximum atomic E-state index is 5.11. The lowest BCUT2D eigenvalue weighted by Crippen LogP contribution is -2.43. The number of hydrogen-bond donors (Lipinski definition) is 1. The Hall–Kier alpha value is -4.19. The SMILES string of the molecule is Cc1ccc(NC2=Nc3ccccc3N3Cc4c(C)nn(-c5ccccc5)c4N=C23)cc1. The van der Waals surface area contributed by atoms with Crippen LogP contribution in [0.25, 0.3) is 5.69 Å². The molecule has 1 aromatic heterocycles. The number of amidine groups is 2. The van der Waals surface area contributed by atoms with Gasteiger partial charge in [0.1, 0.15) is 0 Å². The number of aryl methyl sites for hydroxylation is 2. The van der Waals surface area contributed by atoms with Gasteiger partial charge in [-0.2, -0.15) is 5.10 Å². The Balaban J connectivity index is 1.51. The molecule has 3 aromatic carbocycles. The largest absolute Gasteiger partial charge is 0.337 e. The molecular weight excluding hydrogens is 396 g/mol. The molecule has 0 atom stereocenters. The predicted octanol–water partition coefficient (Wildman–Crippen LogP) is 5.70. The smallest absolute Gasteiger partial charge is 0.179 e. The van der Waals surface area contributed by atoms with Crippen LogP contribution in [0.1, 0.15) is 16.8 Å². The molecule has 0 bridgehead atoms. The summed E-state index contributed by atoms with van der Waals surface area (Å²) in [5, 5.41) is 8.31. The van der Waals surface area contributed by atoms with Crippen molar-refractivity contribution in [3.8, 4) is 5.69 Å². The molecule has 0 aliphatic carbocycles. The normalized spacial score (nSPS) is 14.1. The minimum Gasteiger partial charge on any atom is -0.337 e. The zero-order chi connectivity index (χ0) is 21.7. The molecule has 0 spiro atoms. The van der Waals surface area contributed by atoms with Crippen LogP contribution in [0, 0.1) is 13.8 Å². The van der Waals surface area contributed by atoms with Gasteiger partial charge in [-0.05, 0) is 50.2 Å². The van der Waals surface area contributed by atoms with E-state index in [2.05, 4.69) is 59.6 Å². The van der Waals surface area contributed by atoms with Gasteiger partial charge < -0.3 is 10.2 Å². The number of hydrogen-bond acceptors (Lipinski definition) is 5. The number of aliphatic imine (C=N–C) groups is 2. The van der Waals surface area contributed by atoms with Crippen molar-refractivity contribution in [1.29, 1.82) is 0 Å². The van der Waals surface area contributed by atoms with Gasteiger partial charge in [-0.25, -0.2) is 14.7 Å². The van der Waals surface area contributed by atoms with Gasteiger partial charge >= 0.3 is 0 Å².